The monoisotopic (exact) mass is 221 g/mol. The zero-order chi connectivity index (χ0) is 12.0. The number of para-hydroxylation sites is 1. The summed E-state index contributed by atoms with van der Waals surface area (Å²) < 4.78 is 0. The maximum absolute atomic E-state index is 10.8. The largest absolute Gasteiger partial charge is 0.507 e. The van der Waals surface area contributed by atoms with Crippen molar-refractivity contribution in [2.45, 2.75) is 25.8 Å². The molecule has 1 aromatic rings. The summed E-state index contributed by atoms with van der Waals surface area (Å²) in [6, 6.07) is 5.95. The van der Waals surface area contributed by atoms with Gasteiger partial charge < -0.3 is 10.2 Å². The van der Waals surface area contributed by atoms with E-state index in [1.54, 1.807) is 18.2 Å². The molecule has 0 radical (unpaired) electrons. The molecule has 4 nitrogen and oxygen atoms in total. The van der Waals surface area contributed by atoms with Gasteiger partial charge in [-0.2, -0.15) is 0 Å². The van der Waals surface area contributed by atoms with Crippen LogP contribution in [-0.2, 0) is 4.79 Å². The third-order valence-corrected chi connectivity index (χ3v) is 2.18. The highest BCUT2D eigenvalue weighted by Gasteiger charge is 2.13. The normalized spacial score (nSPS) is 12.8. The maximum atomic E-state index is 10.8. The fraction of sp³-hybridized carbons (Fsp3) is 0.333. The van der Waals surface area contributed by atoms with Crippen molar-refractivity contribution in [1.82, 2.24) is 0 Å². The fourth-order valence-electron chi connectivity index (χ4n) is 1.30. The summed E-state index contributed by atoms with van der Waals surface area (Å²) in [4.78, 5) is 14.8. The number of benzene rings is 1. The average Bonchev–Trinajstić information content (AvgIpc) is 2.26. The number of carboxylic acids is 1. The molecule has 86 valence electrons. The van der Waals surface area contributed by atoms with Crippen molar-refractivity contribution in [3.63, 3.8) is 0 Å². The molecule has 4 heteroatoms. The molecule has 0 aliphatic carbocycles. The van der Waals surface area contributed by atoms with E-state index in [1.807, 2.05) is 6.92 Å². The Bertz CT molecular complexity index is 388. The average molecular weight is 221 g/mol. The van der Waals surface area contributed by atoms with Crippen molar-refractivity contribution in [2.75, 3.05) is 0 Å². The number of carbonyl (C=O) groups is 1. The Kier molecular flexibility index (Phi) is 4.51. The van der Waals surface area contributed by atoms with Crippen molar-refractivity contribution < 1.29 is 15.0 Å². The van der Waals surface area contributed by atoms with Crippen LogP contribution in [0.4, 0.5) is 0 Å². The summed E-state index contributed by atoms with van der Waals surface area (Å²) in [6.45, 7) is 1.91. The highest BCUT2D eigenvalue weighted by Crippen LogP contribution is 2.13. The molecule has 1 atom stereocenters. The number of rotatable bonds is 5. The number of carboxylic acid groups (broad SMARTS) is 1. The molecular weight excluding hydrogens is 206 g/mol. The second-order valence-corrected chi connectivity index (χ2v) is 3.48. The SMILES string of the molecule is CCCC(N=Cc1ccccc1O)C(=O)O. The number of nitrogens with zero attached hydrogens (tertiary/aromatic N) is 1. The molecule has 0 aliphatic heterocycles. The summed E-state index contributed by atoms with van der Waals surface area (Å²) >= 11 is 0. The molecule has 0 saturated carbocycles. The van der Waals surface area contributed by atoms with Crippen LogP contribution < -0.4 is 0 Å². The van der Waals surface area contributed by atoms with Gasteiger partial charge in [-0.3, -0.25) is 4.99 Å². The van der Waals surface area contributed by atoms with Crippen LogP contribution in [0.5, 0.6) is 5.75 Å². The molecule has 0 fully saturated rings. The molecule has 1 unspecified atom stereocenters. The number of phenolic OH excluding ortho intramolecular Hbond substituents is 1. The molecule has 1 aromatic carbocycles. The number of aromatic hydroxyl groups is 1. The Morgan fingerprint density at radius 2 is 2.19 bits per heavy atom. The molecule has 0 spiro atoms. The number of hydrogen-bond donors (Lipinski definition) is 2. The Balaban J connectivity index is 2.78. The van der Waals surface area contributed by atoms with Gasteiger partial charge in [0.05, 0.1) is 0 Å². The smallest absolute Gasteiger partial charge is 0.328 e. The molecule has 0 heterocycles. The van der Waals surface area contributed by atoms with E-state index in [9.17, 15) is 9.90 Å². The van der Waals surface area contributed by atoms with Crippen LogP contribution >= 0.6 is 0 Å². The Labute approximate surface area is 94.3 Å². The van der Waals surface area contributed by atoms with Crippen molar-refractivity contribution in [2.24, 2.45) is 4.99 Å². The molecule has 16 heavy (non-hydrogen) atoms. The van der Waals surface area contributed by atoms with Gasteiger partial charge in [0.2, 0.25) is 0 Å². The number of aliphatic imine (C=N–C) groups is 1. The number of hydrogen-bond acceptors (Lipinski definition) is 3. The Hall–Kier alpha value is -1.84. The molecule has 0 aliphatic rings. The van der Waals surface area contributed by atoms with Gasteiger partial charge >= 0.3 is 5.97 Å². The molecule has 1 rings (SSSR count). The Morgan fingerprint density at radius 1 is 1.50 bits per heavy atom. The second-order valence-electron chi connectivity index (χ2n) is 3.48. The van der Waals surface area contributed by atoms with E-state index in [1.165, 1.54) is 12.3 Å². The first-order chi connectivity index (χ1) is 7.65. The minimum absolute atomic E-state index is 0.104. The summed E-state index contributed by atoms with van der Waals surface area (Å²) in [7, 11) is 0. The van der Waals surface area contributed by atoms with Crippen LogP contribution in [0.2, 0.25) is 0 Å². The zero-order valence-corrected chi connectivity index (χ0v) is 9.13. The lowest BCUT2D eigenvalue weighted by molar-refractivity contribution is -0.138. The number of aliphatic carboxylic acids is 1. The summed E-state index contributed by atoms with van der Waals surface area (Å²) in [5, 5.41) is 18.3. The topological polar surface area (TPSA) is 69.9 Å². The quantitative estimate of drug-likeness (QED) is 0.748. The molecule has 0 amide bonds. The van der Waals surface area contributed by atoms with Crippen LogP contribution in [0, 0.1) is 0 Å². The lowest BCUT2D eigenvalue weighted by Gasteiger charge is -2.05. The van der Waals surface area contributed by atoms with Crippen molar-refractivity contribution in [3.05, 3.63) is 29.8 Å². The first-order valence-corrected chi connectivity index (χ1v) is 5.19. The third kappa shape index (κ3) is 3.38. The molecule has 0 aromatic heterocycles. The van der Waals surface area contributed by atoms with Gasteiger partial charge in [0, 0.05) is 11.8 Å². The van der Waals surface area contributed by atoms with Crippen molar-refractivity contribution in [3.8, 4) is 5.75 Å². The predicted molar refractivity (Wildman–Crippen MR) is 62.0 cm³/mol. The summed E-state index contributed by atoms with van der Waals surface area (Å²) in [5.74, 6) is -0.833. The van der Waals surface area contributed by atoms with Gasteiger partial charge in [0.25, 0.3) is 0 Å². The van der Waals surface area contributed by atoms with Crippen LogP contribution in [0.25, 0.3) is 0 Å². The van der Waals surface area contributed by atoms with Crippen LogP contribution in [0.15, 0.2) is 29.3 Å². The summed E-state index contributed by atoms with van der Waals surface area (Å²) in [6.07, 6.45) is 2.66. The van der Waals surface area contributed by atoms with Gasteiger partial charge in [-0.25, -0.2) is 4.79 Å². The predicted octanol–water partition coefficient (Wildman–Crippen LogP) is 2.06. The van der Waals surface area contributed by atoms with Gasteiger partial charge in [-0.15, -0.1) is 0 Å². The van der Waals surface area contributed by atoms with E-state index < -0.39 is 12.0 Å². The summed E-state index contributed by atoms with van der Waals surface area (Å²) in [5.41, 5.74) is 0.532. The van der Waals surface area contributed by atoms with E-state index in [-0.39, 0.29) is 5.75 Å². The van der Waals surface area contributed by atoms with Gasteiger partial charge in [-0.05, 0) is 18.6 Å². The second kappa shape index (κ2) is 5.90. The highest BCUT2D eigenvalue weighted by molar-refractivity contribution is 5.85. The standard InChI is InChI=1S/C12H15NO3/c1-2-5-10(12(15)16)13-8-9-6-3-4-7-11(9)14/h3-4,6-8,10,14H,2,5H2,1H3,(H,15,16). The lowest BCUT2D eigenvalue weighted by Crippen LogP contribution is -2.17. The van der Waals surface area contributed by atoms with Gasteiger partial charge in [-0.1, -0.05) is 25.5 Å². The van der Waals surface area contributed by atoms with Crippen LogP contribution in [0.1, 0.15) is 25.3 Å². The van der Waals surface area contributed by atoms with Crippen LogP contribution in [-0.4, -0.2) is 28.4 Å². The number of phenols is 1. The van der Waals surface area contributed by atoms with E-state index in [2.05, 4.69) is 4.99 Å². The minimum atomic E-state index is -0.937. The van der Waals surface area contributed by atoms with Gasteiger partial charge in [0.15, 0.2) is 0 Å². The van der Waals surface area contributed by atoms with Crippen LogP contribution in [0.3, 0.4) is 0 Å². The van der Waals surface area contributed by atoms with E-state index >= 15 is 0 Å². The molecule has 2 N–H and O–H groups in total. The van der Waals surface area contributed by atoms with E-state index in [4.69, 9.17) is 5.11 Å². The van der Waals surface area contributed by atoms with Crippen molar-refractivity contribution in [1.29, 1.82) is 0 Å². The molecule has 0 saturated heterocycles. The molecular formula is C12H15NO3. The molecule has 0 bridgehead atoms. The van der Waals surface area contributed by atoms with E-state index in [0.29, 0.717) is 12.0 Å². The fourth-order valence-corrected chi connectivity index (χ4v) is 1.30. The van der Waals surface area contributed by atoms with E-state index in [0.717, 1.165) is 6.42 Å². The zero-order valence-electron chi connectivity index (χ0n) is 9.13. The maximum Gasteiger partial charge on any atom is 0.328 e. The minimum Gasteiger partial charge on any atom is -0.507 e. The third-order valence-electron chi connectivity index (χ3n) is 2.18. The first-order valence-electron chi connectivity index (χ1n) is 5.19. The Morgan fingerprint density at radius 3 is 2.75 bits per heavy atom. The first kappa shape index (κ1) is 12.2. The van der Waals surface area contributed by atoms with Gasteiger partial charge in [0.1, 0.15) is 11.8 Å². The van der Waals surface area contributed by atoms with Crippen molar-refractivity contribution >= 4 is 12.2 Å². The lowest BCUT2D eigenvalue weighted by atomic mass is 10.1. The highest BCUT2D eigenvalue weighted by atomic mass is 16.4.